The van der Waals surface area contributed by atoms with Gasteiger partial charge in [0.15, 0.2) is 0 Å². The minimum absolute atomic E-state index is 0.771. The van der Waals surface area contributed by atoms with Crippen molar-refractivity contribution in [2.75, 3.05) is 17.6 Å². The van der Waals surface area contributed by atoms with Crippen molar-refractivity contribution in [3.8, 4) is 0 Å². The molecule has 0 aliphatic rings. The number of hydrogen-bond acceptors (Lipinski definition) is 5. The molecule has 0 saturated carbocycles. The monoisotopic (exact) mass is 248 g/mol. The minimum atomic E-state index is 0.771. The first-order valence-corrected chi connectivity index (χ1v) is 6.40. The number of anilines is 2. The van der Waals surface area contributed by atoms with Crippen LogP contribution in [0.25, 0.3) is 0 Å². The molecule has 0 bridgehead atoms. The molecular weight excluding hydrogens is 232 g/mol. The van der Waals surface area contributed by atoms with Crippen molar-refractivity contribution in [1.29, 1.82) is 0 Å². The molecule has 0 amide bonds. The predicted octanol–water partition coefficient (Wildman–Crippen LogP) is 2.39. The number of nitrogen functional groups attached to an aromatic ring is 1. The summed E-state index contributed by atoms with van der Waals surface area (Å²) in [6, 6.07) is 1.86. The topological polar surface area (TPSA) is 63.8 Å². The third-order valence-electron chi connectivity index (χ3n) is 2.46. The Labute approximate surface area is 105 Å². The van der Waals surface area contributed by atoms with Gasteiger partial charge in [-0.1, -0.05) is 0 Å². The second-order valence-electron chi connectivity index (χ2n) is 3.99. The van der Waals surface area contributed by atoms with Gasteiger partial charge in [-0.05, 0) is 19.4 Å². The second kappa shape index (κ2) is 5.14. The van der Waals surface area contributed by atoms with Crippen molar-refractivity contribution in [3.63, 3.8) is 0 Å². The standard InChI is InChI=1S/C12H16N4S/c1-8-6-15-11(5-10(8)13)14-4-3-12-16-9(2)7-17-12/h5-7H,3-4H2,1-2H3,(H3,13,14,15). The minimum Gasteiger partial charge on any atom is -0.398 e. The lowest BCUT2D eigenvalue weighted by Crippen LogP contribution is -2.07. The molecule has 0 spiro atoms. The Kier molecular flexibility index (Phi) is 3.58. The number of aromatic nitrogens is 2. The lowest BCUT2D eigenvalue weighted by molar-refractivity contribution is 0.977. The molecule has 2 aromatic rings. The van der Waals surface area contributed by atoms with Gasteiger partial charge in [-0.25, -0.2) is 9.97 Å². The van der Waals surface area contributed by atoms with Gasteiger partial charge in [-0.3, -0.25) is 0 Å². The van der Waals surface area contributed by atoms with Crippen molar-refractivity contribution in [2.24, 2.45) is 0 Å². The maximum absolute atomic E-state index is 5.82. The zero-order valence-electron chi connectivity index (χ0n) is 10.0. The number of pyridine rings is 1. The predicted molar refractivity (Wildman–Crippen MR) is 72.4 cm³/mol. The van der Waals surface area contributed by atoms with Gasteiger partial charge in [-0.15, -0.1) is 11.3 Å². The number of nitrogens with two attached hydrogens (primary N) is 1. The van der Waals surface area contributed by atoms with Crippen LogP contribution in [0.4, 0.5) is 11.5 Å². The molecule has 0 aromatic carbocycles. The maximum Gasteiger partial charge on any atom is 0.127 e. The van der Waals surface area contributed by atoms with Crippen molar-refractivity contribution in [1.82, 2.24) is 9.97 Å². The molecule has 0 fully saturated rings. The van der Waals surface area contributed by atoms with Gasteiger partial charge in [0.05, 0.1) is 5.01 Å². The van der Waals surface area contributed by atoms with Crippen LogP contribution in [0.2, 0.25) is 0 Å². The third kappa shape index (κ3) is 3.17. The lowest BCUT2D eigenvalue weighted by atomic mass is 10.2. The number of thiazole rings is 1. The SMILES string of the molecule is Cc1csc(CCNc2cc(N)c(C)cn2)n1. The molecule has 2 aromatic heterocycles. The fourth-order valence-electron chi connectivity index (χ4n) is 1.45. The lowest BCUT2D eigenvalue weighted by Gasteiger charge is -2.06. The highest BCUT2D eigenvalue weighted by Gasteiger charge is 2.00. The number of nitrogens with one attached hydrogen (secondary N) is 1. The molecule has 0 aliphatic carbocycles. The van der Waals surface area contributed by atoms with Crippen LogP contribution in [0.15, 0.2) is 17.6 Å². The Hall–Kier alpha value is -1.62. The third-order valence-corrected chi connectivity index (χ3v) is 3.48. The number of hydrogen-bond donors (Lipinski definition) is 2. The van der Waals surface area contributed by atoms with E-state index in [9.17, 15) is 0 Å². The van der Waals surface area contributed by atoms with Crippen LogP contribution in [0.5, 0.6) is 0 Å². The van der Waals surface area contributed by atoms with Gasteiger partial charge in [0.2, 0.25) is 0 Å². The summed E-state index contributed by atoms with van der Waals surface area (Å²) < 4.78 is 0. The normalized spacial score (nSPS) is 10.5. The molecule has 3 N–H and O–H groups in total. The van der Waals surface area contributed by atoms with Gasteiger partial charge in [0, 0.05) is 42.0 Å². The zero-order valence-corrected chi connectivity index (χ0v) is 10.8. The summed E-state index contributed by atoms with van der Waals surface area (Å²) in [6.07, 6.45) is 2.69. The first-order chi connectivity index (χ1) is 8.15. The Bertz CT molecular complexity index is 507. The van der Waals surface area contributed by atoms with Crippen LogP contribution in [0, 0.1) is 13.8 Å². The van der Waals surface area contributed by atoms with Crippen LogP contribution in [0.1, 0.15) is 16.3 Å². The summed E-state index contributed by atoms with van der Waals surface area (Å²) >= 11 is 1.69. The van der Waals surface area contributed by atoms with Gasteiger partial charge in [0.25, 0.3) is 0 Å². The van der Waals surface area contributed by atoms with E-state index in [1.165, 1.54) is 0 Å². The van der Waals surface area contributed by atoms with Gasteiger partial charge < -0.3 is 11.1 Å². The van der Waals surface area contributed by atoms with Gasteiger partial charge in [-0.2, -0.15) is 0 Å². The number of nitrogens with zero attached hydrogens (tertiary/aromatic N) is 2. The van der Waals surface area contributed by atoms with Crippen molar-refractivity contribution < 1.29 is 0 Å². The fourth-order valence-corrected chi connectivity index (χ4v) is 2.23. The first kappa shape index (κ1) is 11.9. The van der Waals surface area contributed by atoms with E-state index in [0.717, 1.165) is 40.7 Å². The molecular formula is C12H16N4S. The van der Waals surface area contributed by atoms with E-state index in [2.05, 4.69) is 20.7 Å². The Balaban J connectivity index is 1.87. The molecule has 5 heteroatoms. The Morgan fingerprint density at radius 2 is 2.24 bits per heavy atom. The van der Waals surface area contributed by atoms with Crippen LogP contribution in [-0.4, -0.2) is 16.5 Å². The van der Waals surface area contributed by atoms with Crippen LogP contribution in [-0.2, 0) is 6.42 Å². The largest absolute Gasteiger partial charge is 0.398 e. The van der Waals surface area contributed by atoms with E-state index >= 15 is 0 Å². The quantitative estimate of drug-likeness (QED) is 0.872. The summed E-state index contributed by atoms with van der Waals surface area (Å²) in [6.45, 7) is 4.78. The van der Waals surface area contributed by atoms with Crippen LogP contribution >= 0.6 is 11.3 Å². The summed E-state index contributed by atoms with van der Waals surface area (Å²) in [4.78, 5) is 8.67. The Morgan fingerprint density at radius 3 is 2.88 bits per heavy atom. The molecule has 2 rings (SSSR count). The molecule has 0 atom stereocenters. The average Bonchev–Trinajstić information content (AvgIpc) is 2.70. The first-order valence-electron chi connectivity index (χ1n) is 5.52. The summed E-state index contributed by atoms with van der Waals surface area (Å²) in [5.74, 6) is 0.821. The zero-order chi connectivity index (χ0) is 12.3. The highest BCUT2D eigenvalue weighted by atomic mass is 32.1. The smallest absolute Gasteiger partial charge is 0.127 e. The van der Waals surface area contributed by atoms with E-state index in [1.54, 1.807) is 17.5 Å². The van der Waals surface area contributed by atoms with Crippen LogP contribution < -0.4 is 11.1 Å². The maximum atomic E-state index is 5.82. The number of rotatable bonds is 4. The van der Waals surface area contributed by atoms with E-state index in [4.69, 9.17) is 5.73 Å². The molecule has 90 valence electrons. The fraction of sp³-hybridized carbons (Fsp3) is 0.333. The molecule has 4 nitrogen and oxygen atoms in total. The Morgan fingerprint density at radius 1 is 1.41 bits per heavy atom. The second-order valence-corrected chi connectivity index (χ2v) is 4.93. The highest BCUT2D eigenvalue weighted by Crippen LogP contribution is 2.14. The van der Waals surface area contributed by atoms with Crippen molar-refractivity contribution in [2.45, 2.75) is 20.3 Å². The summed E-state index contributed by atoms with van der Waals surface area (Å²) in [5.41, 5.74) is 8.68. The van der Waals surface area contributed by atoms with E-state index in [0.29, 0.717) is 0 Å². The van der Waals surface area contributed by atoms with E-state index < -0.39 is 0 Å². The van der Waals surface area contributed by atoms with Crippen molar-refractivity contribution >= 4 is 22.8 Å². The molecule has 0 aliphatic heterocycles. The van der Waals surface area contributed by atoms with Gasteiger partial charge in [0.1, 0.15) is 5.82 Å². The average molecular weight is 248 g/mol. The van der Waals surface area contributed by atoms with Crippen LogP contribution in [0.3, 0.4) is 0 Å². The summed E-state index contributed by atoms with van der Waals surface area (Å²) in [5, 5.41) is 6.46. The van der Waals surface area contributed by atoms with Crippen molar-refractivity contribution in [3.05, 3.63) is 33.9 Å². The van der Waals surface area contributed by atoms with Gasteiger partial charge >= 0.3 is 0 Å². The number of aryl methyl sites for hydroxylation is 2. The van der Waals surface area contributed by atoms with E-state index in [1.807, 2.05) is 19.9 Å². The van der Waals surface area contributed by atoms with E-state index in [-0.39, 0.29) is 0 Å². The molecule has 2 heterocycles. The molecule has 17 heavy (non-hydrogen) atoms. The molecule has 0 saturated heterocycles. The molecule has 0 unspecified atom stereocenters. The molecule has 0 radical (unpaired) electrons. The highest BCUT2D eigenvalue weighted by molar-refractivity contribution is 7.09. The summed E-state index contributed by atoms with van der Waals surface area (Å²) in [7, 11) is 0.